The highest BCUT2D eigenvalue weighted by atomic mass is 16.5. The van der Waals surface area contributed by atoms with Gasteiger partial charge in [-0.25, -0.2) is 0 Å². The van der Waals surface area contributed by atoms with E-state index in [0.29, 0.717) is 6.42 Å². The van der Waals surface area contributed by atoms with Crippen LogP contribution in [0.3, 0.4) is 0 Å². The second-order valence-corrected chi connectivity index (χ2v) is 4.86. The second-order valence-electron chi connectivity index (χ2n) is 4.86. The molecule has 0 saturated heterocycles. The van der Waals surface area contributed by atoms with Gasteiger partial charge in [0, 0.05) is 12.1 Å². The quantitative estimate of drug-likeness (QED) is 0.775. The van der Waals surface area contributed by atoms with E-state index in [1.807, 2.05) is 20.8 Å². The van der Waals surface area contributed by atoms with Crippen LogP contribution in [0.2, 0.25) is 0 Å². The Morgan fingerprint density at radius 1 is 1.41 bits per heavy atom. The van der Waals surface area contributed by atoms with Gasteiger partial charge in [-0.3, -0.25) is 9.79 Å². The van der Waals surface area contributed by atoms with Gasteiger partial charge < -0.3 is 10.3 Å². The Balaban J connectivity index is 2.96. The number of aliphatic carboxylic acids is 1. The summed E-state index contributed by atoms with van der Waals surface area (Å²) in [6.07, 6.45) is 1.85. The highest BCUT2D eigenvalue weighted by Crippen LogP contribution is 2.40. The van der Waals surface area contributed by atoms with E-state index in [1.165, 1.54) is 5.06 Å². The van der Waals surface area contributed by atoms with Gasteiger partial charge in [0.2, 0.25) is 0 Å². The van der Waals surface area contributed by atoms with Crippen molar-refractivity contribution in [3.63, 3.8) is 0 Å². The van der Waals surface area contributed by atoms with Crippen LogP contribution in [0, 0.1) is 0 Å². The number of carboxylic acid groups (broad SMARTS) is 1. The molecular weight excluding hydrogens is 220 g/mol. The minimum Gasteiger partial charge on any atom is -0.481 e. The average Bonchev–Trinajstić information content (AvgIpc) is 2.46. The van der Waals surface area contributed by atoms with Crippen molar-refractivity contribution in [2.24, 2.45) is 4.99 Å². The van der Waals surface area contributed by atoms with E-state index < -0.39 is 17.2 Å². The zero-order valence-electron chi connectivity index (χ0n) is 11.0. The van der Waals surface area contributed by atoms with Gasteiger partial charge in [-0.1, -0.05) is 13.8 Å². The van der Waals surface area contributed by atoms with E-state index in [9.17, 15) is 10.0 Å². The largest absolute Gasteiger partial charge is 0.481 e. The molecule has 0 aromatic rings. The molecule has 0 aromatic heterocycles. The molecule has 0 radical (unpaired) electrons. The third kappa shape index (κ3) is 2.21. The second kappa shape index (κ2) is 4.74. The van der Waals surface area contributed by atoms with Gasteiger partial charge in [0.1, 0.15) is 5.66 Å². The molecule has 0 amide bonds. The van der Waals surface area contributed by atoms with Crippen LogP contribution in [0.4, 0.5) is 0 Å². The van der Waals surface area contributed by atoms with Gasteiger partial charge in [-0.15, -0.1) is 0 Å². The van der Waals surface area contributed by atoms with Crippen molar-refractivity contribution in [3.05, 3.63) is 0 Å². The fourth-order valence-corrected chi connectivity index (χ4v) is 2.69. The fourth-order valence-electron chi connectivity index (χ4n) is 2.69. The molecule has 0 aromatic carbocycles. The number of nitrogens with zero attached hydrogens (tertiary/aromatic N) is 2. The number of carbonyl (C=O) groups is 1. The summed E-state index contributed by atoms with van der Waals surface area (Å²) in [6.45, 7) is 7.71. The van der Waals surface area contributed by atoms with E-state index in [0.717, 1.165) is 18.6 Å². The van der Waals surface area contributed by atoms with Gasteiger partial charge in [0.25, 0.3) is 0 Å². The third-order valence-electron chi connectivity index (χ3n) is 3.93. The third-order valence-corrected chi connectivity index (χ3v) is 3.93. The lowest BCUT2D eigenvalue weighted by molar-refractivity contribution is -0.207. The lowest BCUT2D eigenvalue weighted by Gasteiger charge is -2.39. The van der Waals surface area contributed by atoms with Crippen LogP contribution in [0.5, 0.6) is 0 Å². The summed E-state index contributed by atoms with van der Waals surface area (Å²) in [5.74, 6) is -0.863. The number of hydrogen-bond acceptors (Lipinski definition) is 4. The van der Waals surface area contributed by atoms with Crippen LogP contribution in [-0.4, -0.2) is 38.3 Å². The van der Waals surface area contributed by atoms with Gasteiger partial charge >= 0.3 is 5.97 Å². The summed E-state index contributed by atoms with van der Waals surface area (Å²) in [5, 5.41) is 20.4. The zero-order valence-corrected chi connectivity index (χ0v) is 11.0. The van der Waals surface area contributed by atoms with Crippen molar-refractivity contribution in [1.82, 2.24) is 5.06 Å². The van der Waals surface area contributed by atoms with Crippen LogP contribution in [-0.2, 0) is 4.79 Å². The predicted octanol–water partition coefficient (Wildman–Crippen LogP) is 2.29. The first-order chi connectivity index (χ1) is 7.82. The molecule has 1 atom stereocenters. The maximum absolute atomic E-state index is 10.6. The van der Waals surface area contributed by atoms with Crippen LogP contribution in [0.1, 0.15) is 53.4 Å². The molecule has 17 heavy (non-hydrogen) atoms. The van der Waals surface area contributed by atoms with Crippen molar-refractivity contribution in [2.45, 2.75) is 64.6 Å². The Morgan fingerprint density at radius 3 is 2.29 bits per heavy atom. The average molecular weight is 242 g/mol. The first-order valence-electron chi connectivity index (χ1n) is 6.10. The topological polar surface area (TPSA) is 73.1 Å². The van der Waals surface area contributed by atoms with Gasteiger partial charge in [0.05, 0.1) is 5.54 Å². The highest BCUT2D eigenvalue weighted by molar-refractivity contribution is 5.93. The first-order valence-corrected chi connectivity index (χ1v) is 6.10. The fraction of sp³-hybridized carbons (Fsp3) is 0.833. The molecule has 0 bridgehead atoms. The molecule has 1 aliphatic rings. The van der Waals surface area contributed by atoms with E-state index in [2.05, 4.69) is 4.99 Å². The summed E-state index contributed by atoms with van der Waals surface area (Å²) >= 11 is 0. The Kier molecular flexibility index (Phi) is 3.94. The molecular formula is C12H22N2O3. The van der Waals surface area contributed by atoms with Gasteiger partial charge in [0.15, 0.2) is 0 Å². The van der Waals surface area contributed by atoms with Gasteiger partial charge in [-0.05, 0) is 33.1 Å². The van der Waals surface area contributed by atoms with E-state index in [4.69, 9.17) is 5.11 Å². The maximum atomic E-state index is 10.6. The first kappa shape index (κ1) is 14.1. The number of rotatable bonds is 5. The molecule has 1 unspecified atom stereocenters. The molecule has 0 spiro atoms. The summed E-state index contributed by atoms with van der Waals surface area (Å²) < 4.78 is 0. The van der Waals surface area contributed by atoms with Crippen molar-refractivity contribution in [1.29, 1.82) is 0 Å². The Bertz CT molecular complexity index is 337. The van der Waals surface area contributed by atoms with Gasteiger partial charge in [-0.2, -0.15) is 5.06 Å². The molecule has 98 valence electrons. The summed E-state index contributed by atoms with van der Waals surface area (Å²) in [6, 6.07) is 0. The molecule has 0 fully saturated rings. The van der Waals surface area contributed by atoms with E-state index >= 15 is 0 Å². The zero-order chi connectivity index (χ0) is 13.3. The molecule has 1 rings (SSSR count). The standard InChI is InChI=1S/C12H22N2O3/c1-5-12(6-2)9(3)13-11(4,14(12)17)8-7-10(15)16/h17H,5-8H2,1-4H3,(H,15,16). The van der Waals surface area contributed by atoms with Crippen LogP contribution in [0.15, 0.2) is 4.99 Å². The summed E-state index contributed by atoms with van der Waals surface area (Å²) in [4.78, 5) is 15.1. The molecule has 0 aliphatic carbocycles. The predicted molar refractivity (Wildman–Crippen MR) is 65.3 cm³/mol. The monoisotopic (exact) mass is 242 g/mol. The molecule has 1 aliphatic heterocycles. The van der Waals surface area contributed by atoms with E-state index in [1.54, 1.807) is 6.92 Å². The molecule has 1 heterocycles. The van der Waals surface area contributed by atoms with E-state index in [-0.39, 0.29) is 6.42 Å². The SMILES string of the molecule is CCC1(CC)C(C)=NC(C)(CCC(=O)O)N1O. The number of hydroxylamine groups is 2. The van der Waals surface area contributed by atoms with Crippen LogP contribution in [0.25, 0.3) is 0 Å². The molecule has 2 N–H and O–H groups in total. The number of hydrogen-bond donors (Lipinski definition) is 2. The minimum atomic E-state index is -0.863. The van der Waals surface area contributed by atoms with Crippen molar-refractivity contribution < 1.29 is 15.1 Å². The van der Waals surface area contributed by atoms with Crippen LogP contribution >= 0.6 is 0 Å². The normalized spacial score (nSPS) is 28.2. The smallest absolute Gasteiger partial charge is 0.303 e. The van der Waals surface area contributed by atoms with Crippen molar-refractivity contribution in [2.75, 3.05) is 0 Å². The lowest BCUT2D eigenvalue weighted by Crippen LogP contribution is -2.54. The summed E-state index contributed by atoms with van der Waals surface area (Å²) in [5.41, 5.74) is -0.361. The minimum absolute atomic E-state index is 0.00779. The Morgan fingerprint density at radius 2 is 1.94 bits per heavy atom. The Labute approximate surface area is 102 Å². The molecule has 5 heteroatoms. The maximum Gasteiger partial charge on any atom is 0.303 e. The summed E-state index contributed by atoms with van der Waals surface area (Å²) in [7, 11) is 0. The highest BCUT2D eigenvalue weighted by Gasteiger charge is 2.51. The lowest BCUT2D eigenvalue weighted by atomic mass is 9.88. The van der Waals surface area contributed by atoms with Crippen LogP contribution < -0.4 is 0 Å². The number of carboxylic acids is 1. The van der Waals surface area contributed by atoms with Crippen molar-refractivity contribution >= 4 is 11.7 Å². The Hall–Kier alpha value is -0.940. The molecule has 5 nitrogen and oxygen atoms in total. The number of aliphatic imine (C=N–C) groups is 1. The molecule has 0 saturated carbocycles. The van der Waals surface area contributed by atoms with Crippen molar-refractivity contribution in [3.8, 4) is 0 Å².